The predicted molar refractivity (Wildman–Crippen MR) is 68.4 cm³/mol. The molecule has 2 atom stereocenters. The molecule has 0 aliphatic heterocycles. The summed E-state index contributed by atoms with van der Waals surface area (Å²) < 4.78 is 0. The first-order valence-corrected chi connectivity index (χ1v) is 6.63. The Balaban J connectivity index is 1.68. The van der Waals surface area contributed by atoms with Crippen molar-refractivity contribution in [2.45, 2.75) is 49.6 Å². The highest BCUT2D eigenvalue weighted by Crippen LogP contribution is 2.55. The van der Waals surface area contributed by atoms with E-state index in [9.17, 15) is 0 Å². The van der Waals surface area contributed by atoms with Gasteiger partial charge in [0.05, 0.1) is 0 Å². The Bertz CT molecular complexity index is 382. The fourth-order valence-electron chi connectivity index (χ4n) is 3.34. The molecule has 3 nitrogen and oxygen atoms in total. The highest BCUT2D eigenvalue weighted by Gasteiger charge is 2.51. The molecule has 2 fully saturated rings. The highest BCUT2D eigenvalue weighted by atomic mass is 14.8. The first-order valence-electron chi connectivity index (χ1n) is 6.63. The van der Waals surface area contributed by atoms with E-state index in [0.29, 0.717) is 17.9 Å². The first-order chi connectivity index (χ1) is 8.19. The number of nitrogens with two attached hydrogens (primary N) is 2. The van der Waals surface area contributed by atoms with Crippen molar-refractivity contribution in [3.05, 3.63) is 30.1 Å². The minimum absolute atomic E-state index is 0.0381. The molecular weight excluding hydrogens is 210 g/mol. The third kappa shape index (κ3) is 2.09. The van der Waals surface area contributed by atoms with Gasteiger partial charge in [0, 0.05) is 24.0 Å². The molecule has 0 radical (unpaired) electrons. The number of rotatable bonds is 2. The van der Waals surface area contributed by atoms with Crippen LogP contribution in [0.5, 0.6) is 0 Å². The van der Waals surface area contributed by atoms with Gasteiger partial charge in [-0.3, -0.25) is 4.98 Å². The molecule has 4 N–H and O–H groups in total. The number of hydrogen-bond donors (Lipinski definition) is 2. The van der Waals surface area contributed by atoms with Crippen LogP contribution in [-0.2, 0) is 0 Å². The summed E-state index contributed by atoms with van der Waals surface area (Å²) >= 11 is 0. The van der Waals surface area contributed by atoms with Crippen LogP contribution in [0.3, 0.4) is 0 Å². The quantitative estimate of drug-likeness (QED) is 0.815. The van der Waals surface area contributed by atoms with Gasteiger partial charge in [0.15, 0.2) is 0 Å². The molecular formula is C14H21N3. The fourth-order valence-corrected chi connectivity index (χ4v) is 3.34. The molecule has 17 heavy (non-hydrogen) atoms. The predicted octanol–water partition coefficient (Wildman–Crippen LogP) is 1.78. The van der Waals surface area contributed by atoms with Gasteiger partial charge >= 0.3 is 0 Å². The van der Waals surface area contributed by atoms with Gasteiger partial charge in [0.2, 0.25) is 0 Å². The largest absolute Gasteiger partial charge is 0.328 e. The molecule has 3 heteroatoms. The molecule has 0 spiro atoms. The molecule has 3 rings (SSSR count). The molecule has 2 saturated carbocycles. The minimum Gasteiger partial charge on any atom is -0.328 e. The third-order valence-corrected chi connectivity index (χ3v) is 4.60. The number of pyridine rings is 1. The highest BCUT2D eigenvalue weighted by molar-refractivity contribution is 5.26. The Hall–Kier alpha value is -0.930. The van der Waals surface area contributed by atoms with Gasteiger partial charge in [-0.2, -0.15) is 0 Å². The SMILES string of the molecule is NC1CCC(N)([C@@H]2C[C@@H]2c2cccnc2)CC1. The van der Waals surface area contributed by atoms with E-state index in [1.165, 1.54) is 12.0 Å². The van der Waals surface area contributed by atoms with Crippen LogP contribution in [0.1, 0.15) is 43.6 Å². The van der Waals surface area contributed by atoms with Crippen LogP contribution in [0, 0.1) is 5.92 Å². The van der Waals surface area contributed by atoms with E-state index in [1.54, 1.807) is 0 Å². The second kappa shape index (κ2) is 4.07. The van der Waals surface area contributed by atoms with Gasteiger partial charge in [-0.25, -0.2) is 0 Å². The van der Waals surface area contributed by atoms with Crippen LogP contribution >= 0.6 is 0 Å². The molecule has 1 heterocycles. The summed E-state index contributed by atoms with van der Waals surface area (Å²) in [5, 5.41) is 0. The molecule has 0 saturated heterocycles. The van der Waals surface area contributed by atoms with Gasteiger partial charge in [0.1, 0.15) is 0 Å². The lowest BCUT2D eigenvalue weighted by Gasteiger charge is -2.36. The van der Waals surface area contributed by atoms with Crippen molar-refractivity contribution < 1.29 is 0 Å². The molecule has 0 bridgehead atoms. The van der Waals surface area contributed by atoms with Crippen molar-refractivity contribution in [2.24, 2.45) is 17.4 Å². The van der Waals surface area contributed by atoms with E-state index >= 15 is 0 Å². The van der Waals surface area contributed by atoms with Crippen LogP contribution in [0.4, 0.5) is 0 Å². The maximum atomic E-state index is 6.58. The summed E-state index contributed by atoms with van der Waals surface area (Å²) in [7, 11) is 0. The van der Waals surface area contributed by atoms with E-state index in [1.807, 2.05) is 18.5 Å². The van der Waals surface area contributed by atoms with Crippen LogP contribution in [0.2, 0.25) is 0 Å². The van der Waals surface area contributed by atoms with Crippen LogP contribution in [-0.4, -0.2) is 16.6 Å². The van der Waals surface area contributed by atoms with E-state index in [0.717, 1.165) is 25.7 Å². The molecule has 1 aromatic rings. The summed E-state index contributed by atoms with van der Waals surface area (Å²) in [5.74, 6) is 1.29. The van der Waals surface area contributed by atoms with Crippen molar-refractivity contribution >= 4 is 0 Å². The Labute approximate surface area is 103 Å². The topological polar surface area (TPSA) is 64.9 Å². The van der Waals surface area contributed by atoms with Crippen LogP contribution < -0.4 is 11.5 Å². The van der Waals surface area contributed by atoms with Gasteiger partial charge in [-0.15, -0.1) is 0 Å². The summed E-state index contributed by atoms with van der Waals surface area (Å²) in [6, 6.07) is 4.57. The Morgan fingerprint density at radius 3 is 2.71 bits per heavy atom. The van der Waals surface area contributed by atoms with Crippen LogP contribution in [0.15, 0.2) is 24.5 Å². The number of nitrogens with zero attached hydrogens (tertiary/aromatic N) is 1. The summed E-state index contributed by atoms with van der Waals surface area (Å²) in [4.78, 5) is 4.20. The fraction of sp³-hybridized carbons (Fsp3) is 0.643. The van der Waals surface area contributed by atoms with E-state index in [4.69, 9.17) is 11.5 Å². The third-order valence-electron chi connectivity index (χ3n) is 4.60. The van der Waals surface area contributed by atoms with Crippen molar-refractivity contribution in [1.29, 1.82) is 0 Å². The van der Waals surface area contributed by atoms with E-state index in [-0.39, 0.29) is 5.54 Å². The summed E-state index contributed by atoms with van der Waals surface area (Å²) in [6.45, 7) is 0. The van der Waals surface area contributed by atoms with Gasteiger partial charge in [-0.1, -0.05) is 6.07 Å². The molecule has 92 valence electrons. The average molecular weight is 231 g/mol. The van der Waals surface area contributed by atoms with Crippen molar-refractivity contribution in [1.82, 2.24) is 4.98 Å². The first kappa shape index (κ1) is 11.2. The molecule has 2 aliphatic carbocycles. The minimum atomic E-state index is 0.0381. The lowest BCUT2D eigenvalue weighted by Crippen LogP contribution is -2.48. The Kier molecular flexibility index (Phi) is 2.68. The van der Waals surface area contributed by atoms with Crippen molar-refractivity contribution in [3.63, 3.8) is 0 Å². The Morgan fingerprint density at radius 1 is 1.29 bits per heavy atom. The zero-order valence-corrected chi connectivity index (χ0v) is 10.2. The van der Waals surface area contributed by atoms with Crippen LogP contribution in [0.25, 0.3) is 0 Å². The molecule has 1 aromatic heterocycles. The molecule has 0 aromatic carbocycles. The summed E-state index contributed by atoms with van der Waals surface area (Å²) in [5.41, 5.74) is 13.9. The second-order valence-electron chi connectivity index (χ2n) is 5.81. The lowest BCUT2D eigenvalue weighted by molar-refractivity contribution is 0.239. The van der Waals surface area contributed by atoms with E-state index in [2.05, 4.69) is 11.1 Å². The monoisotopic (exact) mass is 231 g/mol. The second-order valence-corrected chi connectivity index (χ2v) is 5.81. The lowest BCUT2D eigenvalue weighted by atomic mass is 9.76. The summed E-state index contributed by atoms with van der Waals surface area (Å²) in [6.07, 6.45) is 9.42. The maximum Gasteiger partial charge on any atom is 0.0302 e. The van der Waals surface area contributed by atoms with Gasteiger partial charge < -0.3 is 11.5 Å². The molecule has 2 aliphatic rings. The zero-order chi connectivity index (χ0) is 11.9. The average Bonchev–Trinajstić information content (AvgIpc) is 3.15. The van der Waals surface area contributed by atoms with E-state index < -0.39 is 0 Å². The zero-order valence-electron chi connectivity index (χ0n) is 10.2. The standard InChI is InChI=1S/C14H21N3/c15-11-3-5-14(16,6-4-11)13-8-12(13)10-2-1-7-17-9-10/h1-2,7,9,11-13H,3-6,8,15-16H2/t11?,12-,13-,14?/m1/s1. The van der Waals surface area contributed by atoms with Gasteiger partial charge in [-0.05, 0) is 55.6 Å². The number of aromatic nitrogens is 1. The maximum absolute atomic E-state index is 6.58. The molecule has 0 unspecified atom stereocenters. The number of hydrogen-bond acceptors (Lipinski definition) is 3. The Morgan fingerprint density at radius 2 is 2.06 bits per heavy atom. The van der Waals surface area contributed by atoms with Crippen molar-refractivity contribution in [2.75, 3.05) is 0 Å². The smallest absolute Gasteiger partial charge is 0.0302 e. The molecule has 0 amide bonds. The van der Waals surface area contributed by atoms with Crippen molar-refractivity contribution in [3.8, 4) is 0 Å². The normalized spacial score (nSPS) is 41.2. The van der Waals surface area contributed by atoms with Gasteiger partial charge in [0.25, 0.3) is 0 Å².